The number of aromatic nitrogens is 1. The maximum atomic E-state index is 4.73. The Bertz CT molecular complexity index is 304. The van der Waals surface area contributed by atoms with Crippen molar-refractivity contribution < 1.29 is 0 Å². The normalized spacial score (nSPS) is 16.9. The van der Waals surface area contributed by atoms with Gasteiger partial charge in [0.2, 0.25) is 0 Å². The van der Waals surface area contributed by atoms with Gasteiger partial charge >= 0.3 is 0 Å². The molecule has 0 spiro atoms. The van der Waals surface area contributed by atoms with E-state index in [4.69, 9.17) is 4.98 Å². The van der Waals surface area contributed by atoms with E-state index in [9.17, 15) is 0 Å². The summed E-state index contributed by atoms with van der Waals surface area (Å²) >= 11 is 0. The molecule has 0 radical (unpaired) electrons. The number of hydrogen-bond acceptors (Lipinski definition) is 1. The summed E-state index contributed by atoms with van der Waals surface area (Å²) in [7, 11) is 0. The van der Waals surface area contributed by atoms with Gasteiger partial charge in [-0.25, -0.2) is 0 Å². The summed E-state index contributed by atoms with van der Waals surface area (Å²) in [5.41, 5.74) is 4.13. The van der Waals surface area contributed by atoms with E-state index in [1.807, 2.05) is 0 Å². The van der Waals surface area contributed by atoms with Gasteiger partial charge in [-0.3, -0.25) is 4.98 Å². The highest BCUT2D eigenvalue weighted by atomic mass is 14.7. The molecule has 0 aromatic carbocycles. The molecule has 1 heterocycles. The Morgan fingerprint density at radius 2 is 1.86 bits per heavy atom. The Morgan fingerprint density at radius 1 is 1.07 bits per heavy atom. The van der Waals surface area contributed by atoms with E-state index in [2.05, 4.69) is 19.1 Å². The lowest BCUT2D eigenvalue weighted by atomic mass is 9.97. The predicted octanol–water partition coefficient (Wildman–Crippen LogP) is 3.30. The fraction of sp³-hybridized carbons (Fsp3) is 0.615. The smallest absolute Gasteiger partial charge is 0.0438 e. The second-order valence-corrected chi connectivity index (χ2v) is 4.18. The lowest BCUT2D eigenvalue weighted by Crippen LogP contribution is -2.04. The number of pyridine rings is 1. The number of rotatable bonds is 1. The van der Waals surface area contributed by atoms with Crippen LogP contribution in [0.5, 0.6) is 0 Å². The van der Waals surface area contributed by atoms with Gasteiger partial charge < -0.3 is 0 Å². The summed E-state index contributed by atoms with van der Waals surface area (Å²) in [5.74, 6) is 0. The molecule has 0 saturated carbocycles. The number of nitrogens with zero attached hydrogens (tertiary/aromatic N) is 1. The monoisotopic (exact) mass is 189 g/mol. The molecule has 0 aliphatic heterocycles. The van der Waals surface area contributed by atoms with Gasteiger partial charge in [-0.1, -0.05) is 25.8 Å². The van der Waals surface area contributed by atoms with E-state index in [0.717, 1.165) is 6.42 Å². The highest BCUT2D eigenvalue weighted by molar-refractivity contribution is 5.24. The maximum Gasteiger partial charge on any atom is 0.0438 e. The predicted molar refractivity (Wildman–Crippen MR) is 59.5 cm³/mol. The van der Waals surface area contributed by atoms with Gasteiger partial charge in [0.15, 0.2) is 0 Å². The van der Waals surface area contributed by atoms with Crippen LogP contribution in [0.3, 0.4) is 0 Å². The van der Waals surface area contributed by atoms with Gasteiger partial charge in [0.05, 0.1) is 0 Å². The molecule has 0 amide bonds. The van der Waals surface area contributed by atoms with Crippen LogP contribution in [-0.2, 0) is 19.3 Å². The maximum absolute atomic E-state index is 4.73. The molecule has 0 unspecified atom stereocenters. The van der Waals surface area contributed by atoms with Crippen molar-refractivity contribution >= 4 is 0 Å². The fourth-order valence-electron chi connectivity index (χ4n) is 2.18. The zero-order valence-corrected chi connectivity index (χ0v) is 9.05. The van der Waals surface area contributed by atoms with Crippen molar-refractivity contribution in [3.63, 3.8) is 0 Å². The van der Waals surface area contributed by atoms with Gasteiger partial charge in [0.25, 0.3) is 0 Å². The zero-order valence-electron chi connectivity index (χ0n) is 9.05. The van der Waals surface area contributed by atoms with Crippen molar-refractivity contribution in [3.8, 4) is 0 Å². The van der Waals surface area contributed by atoms with Crippen molar-refractivity contribution in [2.75, 3.05) is 0 Å². The molecule has 1 aliphatic carbocycles. The molecular weight excluding hydrogens is 170 g/mol. The highest BCUT2D eigenvalue weighted by Crippen LogP contribution is 2.18. The fourth-order valence-corrected chi connectivity index (χ4v) is 2.18. The minimum atomic E-state index is 1.06. The summed E-state index contributed by atoms with van der Waals surface area (Å²) in [6, 6.07) is 4.49. The molecule has 0 N–H and O–H groups in total. The Hall–Kier alpha value is -0.850. The summed E-state index contributed by atoms with van der Waals surface area (Å²) < 4.78 is 0. The molecule has 1 nitrogen and oxygen atoms in total. The van der Waals surface area contributed by atoms with E-state index in [-0.39, 0.29) is 0 Å². The van der Waals surface area contributed by atoms with Gasteiger partial charge in [0, 0.05) is 11.4 Å². The second-order valence-electron chi connectivity index (χ2n) is 4.18. The standard InChI is InChI=1S/C13H19N/c1-2-12-10-9-11-7-5-3-4-6-8-13(11)14-12/h9-10H,2-8H2,1H3. The van der Waals surface area contributed by atoms with Crippen LogP contribution in [0.2, 0.25) is 0 Å². The first-order valence-corrected chi connectivity index (χ1v) is 5.88. The Morgan fingerprint density at radius 3 is 2.64 bits per heavy atom. The SMILES string of the molecule is CCc1ccc2c(n1)CCCCCC2. The second kappa shape index (κ2) is 4.59. The molecule has 76 valence electrons. The van der Waals surface area contributed by atoms with Crippen LogP contribution in [0.15, 0.2) is 12.1 Å². The Kier molecular flexibility index (Phi) is 3.18. The molecular formula is C13H19N. The molecule has 0 atom stereocenters. The van der Waals surface area contributed by atoms with Gasteiger partial charge in [-0.15, -0.1) is 0 Å². The van der Waals surface area contributed by atoms with Gasteiger partial charge in [0.1, 0.15) is 0 Å². The lowest BCUT2D eigenvalue weighted by molar-refractivity contribution is 0.607. The minimum absolute atomic E-state index is 1.06. The summed E-state index contributed by atoms with van der Waals surface area (Å²) in [6.07, 6.45) is 8.96. The van der Waals surface area contributed by atoms with E-state index in [0.29, 0.717) is 0 Å². The quantitative estimate of drug-likeness (QED) is 0.660. The molecule has 1 heteroatoms. The average Bonchev–Trinajstić information content (AvgIpc) is 2.18. The topological polar surface area (TPSA) is 12.9 Å². The van der Waals surface area contributed by atoms with Crippen LogP contribution < -0.4 is 0 Å². The summed E-state index contributed by atoms with van der Waals surface area (Å²) in [6.45, 7) is 2.18. The molecule has 0 bridgehead atoms. The molecule has 14 heavy (non-hydrogen) atoms. The van der Waals surface area contributed by atoms with Crippen LogP contribution in [0.4, 0.5) is 0 Å². The van der Waals surface area contributed by atoms with E-state index in [1.54, 1.807) is 0 Å². The average molecular weight is 189 g/mol. The first kappa shape index (κ1) is 9.70. The first-order valence-electron chi connectivity index (χ1n) is 5.88. The zero-order chi connectivity index (χ0) is 9.80. The lowest BCUT2D eigenvalue weighted by Gasteiger charge is -2.13. The largest absolute Gasteiger partial charge is 0.258 e. The Labute approximate surface area is 86.6 Å². The third-order valence-corrected chi connectivity index (χ3v) is 3.10. The third kappa shape index (κ3) is 2.14. The molecule has 1 aromatic rings. The molecule has 0 saturated heterocycles. The van der Waals surface area contributed by atoms with Gasteiger partial charge in [-0.2, -0.15) is 0 Å². The van der Waals surface area contributed by atoms with Crippen molar-refractivity contribution in [2.24, 2.45) is 0 Å². The van der Waals surface area contributed by atoms with Crippen molar-refractivity contribution in [1.82, 2.24) is 4.98 Å². The highest BCUT2D eigenvalue weighted by Gasteiger charge is 2.08. The summed E-state index contributed by atoms with van der Waals surface area (Å²) in [5, 5.41) is 0. The molecule has 0 fully saturated rings. The van der Waals surface area contributed by atoms with Crippen LogP contribution in [0, 0.1) is 0 Å². The number of hydrogen-bond donors (Lipinski definition) is 0. The molecule has 1 aliphatic rings. The van der Waals surface area contributed by atoms with Crippen LogP contribution in [-0.4, -0.2) is 4.98 Å². The van der Waals surface area contributed by atoms with Gasteiger partial charge in [-0.05, 0) is 43.7 Å². The van der Waals surface area contributed by atoms with Crippen LogP contribution in [0.1, 0.15) is 49.6 Å². The van der Waals surface area contributed by atoms with E-state index >= 15 is 0 Å². The third-order valence-electron chi connectivity index (χ3n) is 3.10. The van der Waals surface area contributed by atoms with Crippen LogP contribution >= 0.6 is 0 Å². The van der Waals surface area contributed by atoms with E-state index in [1.165, 1.54) is 55.5 Å². The Balaban J connectivity index is 2.26. The molecule has 2 rings (SSSR count). The van der Waals surface area contributed by atoms with Crippen molar-refractivity contribution in [2.45, 2.75) is 51.9 Å². The molecule has 1 aromatic heterocycles. The first-order chi connectivity index (χ1) is 6.90. The van der Waals surface area contributed by atoms with Crippen LogP contribution in [0.25, 0.3) is 0 Å². The van der Waals surface area contributed by atoms with Crippen molar-refractivity contribution in [1.29, 1.82) is 0 Å². The number of aryl methyl sites for hydroxylation is 3. The van der Waals surface area contributed by atoms with E-state index < -0.39 is 0 Å². The minimum Gasteiger partial charge on any atom is -0.258 e. The summed E-state index contributed by atoms with van der Waals surface area (Å²) in [4.78, 5) is 4.73. The van der Waals surface area contributed by atoms with Crippen molar-refractivity contribution in [3.05, 3.63) is 29.1 Å². The number of fused-ring (bicyclic) bond motifs is 1.